The van der Waals surface area contributed by atoms with Crippen LogP contribution >= 0.6 is 0 Å². The van der Waals surface area contributed by atoms with Crippen LogP contribution in [0.3, 0.4) is 0 Å². The third-order valence-corrected chi connectivity index (χ3v) is 3.59. The van der Waals surface area contributed by atoms with Crippen LogP contribution in [0.4, 0.5) is 0 Å². The smallest absolute Gasteiger partial charge is 0.315 e. The number of esters is 1. The minimum Gasteiger partial charge on any atom is -0.427 e. The Hall–Kier alpha value is -0.950. The molecular weight excluding hydrogens is 216 g/mol. The fourth-order valence-electron chi connectivity index (χ4n) is 2.82. The second kappa shape index (κ2) is 3.04. The van der Waals surface area contributed by atoms with Crippen molar-refractivity contribution in [2.45, 2.75) is 18.2 Å². The van der Waals surface area contributed by atoms with Gasteiger partial charge in [-0.15, -0.1) is 0 Å². The van der Waals surface area contributed by atoms with Gasteiger partial charge in [-0.3, -0.25) is 4.79 Å². The fourth-order valence-corrected chi connectivity index (χ4v) is 2.82. The summed E-state index contributed by atoms with van der Waals surface area (Å²) in [5.74, 6) is -3.80. The number of carbonyl (C=O) groups excluding carboxylic acids is 1. The van der Waals surface area contributed by atoms with Gasteiger partial charge in [0.05, 0.1) is 5.92 Å². The molecule has 0 saturated carbocycles. The number of aliphatic hydroxyl groups excluding tert-OH is 2. The van der Waals surface area contributed by atoms with Crippen molar-refractivity contribution in [2.75, 3.05) is 6.61 Å². The standard InChI is InChI=1S/C10H12O6/c11-3-10(14)7-6-4(8(12)15-7)1-2-5(6)9(13)16-10/h1-2,4-8,11-12,14H,3H2. The number of ether oxygens (including phenoxy) is 2. The van der Waals surface area contributed by atoms with Crippen LogP contribution in [0.5, 0.6) is 0 Å². The summed E-state index contributed by atoms with van der Waals surface area (Å²) in [6, 6.07) is 0. The molecule has 0 aromatic carbocycles. The zero-order valence-electron chi connectivity index (χ0n) is 8.31. The lowest BCUT2D eigenvalue weighted by atomic mass is 9.80. The van der Waals surface area contributed by atoms with Gasteiger partial charge in [-0.2, -0.15) is 0 Å². The van der Waals surface area contributed by atoms with Crippen LogP contribution in [0.1, 0.15) is 0 Å². The zero-order chi connectivity index (χ0) is 11.5. The highest BCUT2D eigenvalue weighted by atomic mass is 16.7. The first-order valence-corrected chi connectivity index (χ1v) is 5.15. The molecule has 6 nitrogen and oxygen atoms in total. The molecule has 0 amide bonds. The van der Waals surface area contributed by atoms with Crippen molar-refractivity contribution >= 4 is 5.97 Å². The lowest BCUT2D eigenvalue weighted by molar-refractivity contribution is -0.298. The van der Waals surface area contributed by atoms with E-state index in [1.165, 1.54) is 0 Å². The van der Waals surface area contributed by atoms with Gasteiger partial charge in [-0.1, -0.05) is 12.2 Å². The Balaban J connectivity index is 2.01. The number of rotatable bonds is 1. The third-order valence-electron chi connectivity index (χ3n) is 3.59. The normalized spacial score (nSPS) is 53.9. The fraction of sp³-hybridized carbons (Fsp3) is 0.700. The number of hydrogen-bond acceptors (Lipinski definition) is 6. The maximum atomic E-state index is 11.6. The molecule has 2 heterocycles. The molecule has 6 atom stereocenters. The summed E-state index contributed by atoms with van der Waals surface area (Å²) in [7, 11) is 0. The molecule has 3 N–H and O–H groups in total. The summed E-state index contributed by atoms with van der Waals surface area (Å²) in [4.78, 5) is 11.6. The van der Waals surface area contributed by atoms with Crippen LogP contribution in [-0.2, 0) is 14.3 Å². The molecule has 0 bridgehead atoms. The molecule has 6 unspecified atom stereocenters. The second-order valence-corrected chi connectivity index (χ2v) is 4.44. The lowest BCUT2D eigenvalue weighted by Crippen LogP contribution is -2.58. The van der Waals surface area contributed by atoms with Gasteiger partial charge in [-0.05, 0) is 0 Å². The van der Waals surface area contributed by atoms with E-state index in [1.54, 1.807) is 12.2 Å². The molecule has 2 fully saturated rings. The first-order valence-electron chi connectivity index (χ1n) is 5.15. The predicted molar refractivity (Wildman–Crippen MR) is 48.6 cm³/mol. The van der Waals surface area contributed by atoms with E-state index in [-0.39, 0.29) is 11.8 Å². The van der Waals surface area contributed by atoms with Gasteiger partial charge >= 0.3 is 5.97 Å². The molecule has 1 aliphatic carbocycles. The molecule has 3 rings (SSSR count). The molecule has 6 heteroatoms. The summed E-state index contributed by atoms with van der Waals surface area (Å²) in [6.07, 6.45) is 1.41. The van der Waals surface area contributed by atoms with Gasteiger partial charge in [0, 0.05) is 11.8 Å². The van der Waals surface area contributed by atoms with Crippen molar-refractivity contribution in [3.05, 3.63) is 12.2 Å². The summed E-state index contributed by atoms with van der Waals surface area (Å²) in [6.45, 7) is -0.744. The first-order chi connectivity index (χ1) is 7.57. The van der Waals surface area contributed by atoms with Crippen LogP contribution in [0.2, 0.25) is 0 Å². The lowest BCUT2D eigenvalue weighted by Gasteiger charge is -2.40. The Labute approximate surface area is 91.1 Å². The van der Waals surface area contributed by atoms with Crippen LogP contribution in [-0.4, -0.2) is 46.1 Å². The maximum Gasteiger partial charge on any atom is 0.315 e. The van der Waals surface area contributed by atoms with E-state index in [1.807, 2.05) is 0 Å². The first kappa shape index (κ1) is 10.2. The van der Waals surface area contributed by atoms with E-state index < -0.39 is 36.7 Å². The Kier molecular flexibility index (Phi) is 1.94. The Morgan fingerprint density at radius 1 is 1.44 bits per heavy atom. The minimum atomic E-state index is -2.04. The van der Waals surface area contributed by atoms with Crippen molar-refractivity contribution in [1.29, 1.82) is 0 Å². The van der Waals surface area contributed by atoms with Gasteiger partial charge < -0.3 is 24.8 Å². The summed E-state index contributed by atoms with van der Waals surface area (Å²) in [5.41, 5.74) is 0. The quantitative estimate of drug-likeness (QED) is 0.368. The van der Waals surface area contributed by atoms with E-state index in [4.69, 9.17) is 14.6 Å². The Morgan fingerprint density at radius 2 is 2.19 bits per heavy atom. The van der Waals surface area contributed by atoms with Gasteiger partial charge in [0.25, 0.3) is 5.79 Å². The Bertz CT molecular complexity index is 366. The van der Waals surface area contributed by atoms with Gasteiger partial charge in [0.2, 0.25) is 0 Å². The minimum absolute atomic E-state index is 0.319. The van der Waals surface area contributed by atoms with Crippen molar-refractivity contribution in [3.63, 3.8) is 0 Å². The molecule has 16 heavy (non-hydrogen) atoms. The second-order valence-electron chi connectivity index (χ2n) is 4.44. The summed E-state index contributed by atoms with van der Waals surface area (Å²) < 4.78 is 9.97. The molecule has 0 aromatic heterocycles. The molecule has 0 aromatic rings. The largest absolute Gasteiger partial charge is 0.427 e. The number of aliphatic hydroxyl groups is 3. The average Bonchev–Trinajstić information content (AvgIpc) is 2.79. The molecule has 88 valence electrons. The zero-order valence-corrected chi connectivity index (χ0v) is 8.31. The molecule has 0 spiro atoms. The van der Waals surface area contributed by atoms with E-state index in [2.05, 4.69) is 0 Å². The molecular formula is C10H12O6. The van der Waals surface area contributed by atoms with Crippen molar-refractivity contribution in [3.8, 4) is 0 Å². The predicted octanol–water partition coefficient (Wildman–Crippen LogP) is -1.64. The molecule has 2 aliphatic heterocycles. The summed E-state index contributed by atoms with van der Waals surface area (Å²) in [5, 5.41) is 28.7. The average molecular weight is 228 g/mol. The highest BCUT2D eigenvalue weighted by molar-refractivity contribution is 5.77. The van der Waals surface area contributed by atoms with Crippen molar-refractivity contribution in [2.24, 2.45) is 17.8 Å². The van der Waals surface area contributed by atoms with Gasteiger partial charge in [0.1, 0.15) is 12.7 Å². The maximum absolute atomic E-state index is 11.6. The van der Waals surface area contributed by atoms with E-state index >= 15 is 0 Å². The number of hydrogen-bond donors (Lipinski definition) is 3. The van der Waals surface area contributed by atoms with Gasteiger partial charge in [-0.25, -0.2) is 0 Å². The van der Waals surface area contributed by atoms with Crippen LogP contribution in [0.15, 0.2) is 12.2 Å². The van der Waals surface area contributed by atoms with E-state index in [0.717, 1.165) is 0 Å². The number of cyclic esters (lactones) is 1. The summed E-state index contributed by atoms with van der Waals surface area (Å²) >= 11 is 0. The third kappa shape index (κ3) is 1.07. The monoisotopic (exact) mass is 228 g/mol. The van der Waals surface area contributed by atoms with Crippen molar-refractivity contribution in [1.82, 2.24) is 0 Å². The number of carbonyl (C=O) groups is 1. The topological polar surface area (TPSA) is 96.2 Å². The van der Waals surface area contributed by atoms with Gasteiger partial charge in [0.15, 0.2) is 6.29 Å². The van der Waals surface area contributed by atoms with Crippen LogP contribution in [0.25, 0.3) is 0 Å². The Morgan fingerprint density at radius 3 is 2.88 bits per heavy atom. The molecule has 3 aliphatic rings. The molecule has 2 saturated heterocycles. The highest BCUT2D eigenvalue weighted by Crippen LogP contribution is 2.50. The highest BCUT2D eigenvalue weighted by Gasteiger charge is 2.63. The van der Waals surface area contributed by atoms with E-state index in [0.29, 0.717) is 0 Å². The van der Waals surface area contributed by atoms with Crippen LogP contribution in [0, 0.1) is 17.8 Å². The van der Waals surface area contributed by atoms with E-state index in [9.17, 15) is 15.0 Å². The van der Waals surface area contributed by atoms with Crippen LogP contribution < -0.4 is 0 Å². The molecule has 0 radical (unpaired) electrons. The SMILES string of the molecule is O=C1OC(O)(CO)C2OC(O)C3C=CC1C32. The van der Waals surface area contributed by atoms with Crippen molar-refractivity contribution < 1.29 is 29.6 Å².